The molecule has 0 aliphatic rings. The van der Waals surface area contributed by atoms with Crippen molar-refractivity contribution in [2.75, 3.05) is 0 Å². The number of carboxylic acids is 1. The zero-order valence-electron chi connectivity index (χ0n) is 12.8. The predicted octanol–water partition coefficient (Wildman–Crippen LogP) is 4.38. The number of carboxylic acid groups (broad SMARTS) is 1. The number of fused-ring (bicyclic) bond motifs is 1. The van der Waals surface area contributed by atoms with Crippen molar-refractivity contribution in [2.45, 2.75) is 26.8 Å². The number of aryl methyl sites for hydroxylation is 1. The van der Waals surface area contributed by atoms with Crippen LogP contribution < -0.4 is 0 Å². The molecule has 2 heterocycles. The molecule has 4 heteroatoms. The Morgan fingerprint density at radius 2 is 2.05 bits per heavy atom. The molecule has 0 radical (unpaired) electrons. The Bertz CT molecular complexity index is 811. The van der Waals surface area contributed by atoms with Crippen LogP contribution in [0, 0.1) is 5.92 Å². The molecule has 3 aromatic rings. The van der Waals surface area contributed by atoms with Crippen LogP contribution in [0.1, 0.15) is 30.8 Å². The van der Waals surface area contributed by atoms with E-state index in [0.29, 0.717) is 5.92 Å². The van der Waals surface area contributed by atoms with Gasteiger partial charge < -0.3 is 14.7 Å². The third-order valence-corrected chi connectivity index (χ3v) is 3.97. The summed E-state index contributed by atoms with van der Waals surface area (Å²) in [5.74, 6) is -0.268. The molecule has 1 aromatic carbocycles. The van der Waals surface area contributed by atoms with E-state index in [1.54, 1.807) is 6.07 Å². The number of nitrogens with zero attached hydrogens (tertiary/aromatic N) is 1. The number of aromatic carboxylic acids is 1. The Labute approximate surface area is 129 Å². The van der Waals surface area contributed by atoms with E-state index < -0.39 is 5.97 Å². The van der Waals surface area contributed by atoms with E-state index in [1.165, 1.54) is 5.52 Å². The van der Waals surface area contributed by atoms with Gasteiger partial charge in [0.1, 0.15) is 5.69 Å². The highest BCUT2D eigenvalue weighted by Crippen LogP contribution is 2.29. The predicted molar refractivity (Wildman–Crippen MR) is 88.1 cm³/mol. The molecule has 0 saturated carbocycles. The molecule has 0 saturated heterocycles. The van der Waals surface area contributed by atoms with Crippen molar-refractivity contribution < 1.29 is 9.90 Å². The van der Waals surface area contributed by atoms with Crippen LogP contribution in [-0.4, -0.2) is 20.6 Å². The first-order valence-electron chi connectivity index (χ1n) is 7.57. The van der Waals surface area contributed by atoms with Crippen molar-refractivity contribution in [1.29, 1.82) is 0 Å². The maximum absolute atomic E-state index is 11.0. The summed E-state index contributed by atoms with van der Waals surface area (Å²) in [6.45, 7) is 5.45. The van der Waals surface area contributed by atoms with Crippen LogP contribution >= 0.6 is 0 Å². The molecule has 2 aromatic heterocycles. The van der Waals surface area contributed by atoms with E-state index in [4.69, 9.17) is 5.11 Å². The van der Waals surface area contributed by atoms with Crippen LogP contribution in [0.15, 0.2) is 42.6 Å². The summed E-state index contributed by atoms with van der Waals surface area (Å²) in [6.07, 6.45) is 3.25. The van der Waals surface area contributed by atoms with Crippen LogP contribution in [0.4, 0.5) is 0 Å². The van der Waals surface area contributed by atoms with Crippen molar-refractivity contribution in [3.63, 3.8) is 0 Å². The third kappa shape index (κ3) is 2.64. The standard InChI is InChI=1S/C18H20N2O2/c1-12(2)8-10-20-11-9-14-13(4-3-5-17(14)20)15-6-7-16(19-15)18(21)22/h3-7,9,11-12,19H,8,10H2,1-2H3,(H,21,22). The second-order valence-corrected chi connectivity index (χ2v) is 6.02. The van der Waals surface area contributed by atoms with Crippen LogP contribution in [0.5, 0.6) is 0 Å². The van der Waals surface area contributed by atoms with Crippen molar-refractivity contribution >= 4 is 16.9 Å². The summed E-state index contributed by atoms with van der Waals surface area (Å²) in [6, 6.07) is 11.7. The van der Waals surface area contributed by atoms with Gasteiger partial charge in [0.05, 0.1) is 0 Å². The molecule has 0 spiro atoms. The minimum absolute atomic E-state index is 0.214. The second kappa shape index (κ2) is 5.72. The molecule has 2 N–H and O–H groups in total. The van der Waals surface area contributed by atoms with E-state index in [0.717, 1.165) is 29.6 Å². The third-order valence-electron chi connectivity index (χ3n) is 3.97. The number of carbonyl (C=O) groups is 1. The van der Waals surface area contributed by atoms with Gasteiger partial charge >= 0.3 is 5.97 Å². The molecule has 4 nitrogen and oxygen atoms in total. The largest absolute Gasteiger partial charge is 0.477 e. The number of hydrogen-bond acceptors (Lipinski definition) is 1. The summed E-state index contributed by atoms with van der Waals surface area (Å²) in [5.41, 5.74) is 3.27. The summed E-state index contributed by atoms with van der Waals surface area (Å²) in [5, 5.41) is 10.2. The Morgan fingerprint density at radius 1 is 1.23 bits per heavy atom. The average Bonchev–Trinajstić information content (AvgIpc) is 3.12. The number of H-pyrrole nitrogens is 1. The lowest BCUT2D eigenvalue weighted by molar-refractivity contribution is 0.0691. The lowest BCUT2D eigenvalue weighted by Gasteiger charge is -2.08. The fourth-order valence-electron chi connectivity index (χ4n) is 2.73. The van der Waals surface area contributed by atoms with E-state index in [1.807, 2.05) is 18.2 Å². The van der Waals surface area contributed by atoms with Crippen LogP contribution in [0.25, 0.3) is 22.2 Å². The van der Waals surface area contributed by atoms with Crippen molar-refractivity contribution in [1.82, 2.24) is 9.55 Å². The quantitative estimate of drug-likeness (QED) is 0.734. The fourth-order valence-corrected chi connectivity index (χ4v) is 2.73. The molecule has 3 rings (SSSR count). The zero-order chi connectivity index (χ0) is 15.7. The number of aromatic nitrogens is 2. The van der Waals surface area contributed by atoms with E-state index in [-0.39, 0.29) is 5.69 Å². The minimum atomic E-state index is -0.937. The SMILES string of the molecule is CC(C)CCn1ccc2c(-c3ccc(C(=O)O)[nH]3)cccc21. The van der Waals surface area contributed by atoms with Crippen molar-refractivity contribution in [2.24, 2.45) is 5.92 Å². The Morgan fingerprint density at radius 3 is 2.73 bits per heavy atom. The van der Waals surface area contributed by atoms with Gasteiger partial charge in [0.25, 0.3) is 0 Å². The monoisotopic (exact) mass is 296 g/mol. The molecule has 0 bridgehead atoms. The molecule has 22 heavy (non-hydrogen) atoms. The summed E-state index contributed by atoms with van der Waals surface area (Å²) >= 11 is 0. The van der Waals surface area contributed by atoms with Gasteiger partial charge in [0, 0.05) is 34.9 Å². The van der Waals surface area contributed by atoms with E-state index in [9.17, 15) is 4.79 Å². The maximum Gasteiger partial charge on any atom is 0.352 e. The van der Waals surface area contributed by atoms with Gasteiger partial charge in [-0.15, -0.1) is 0 Å². The highest BCUT2D eigenvalue weighted by atomic mass is 16.4. The molecule has 0 atom stereocenters. The van der Waals surface area contributed by atoms with Gasteiger partial charge in [0.2, 0.25) is 0 Å². The number of rotatable bonds is 5. The first-order valence-corrected chi connectivity index (χ1v) is 7.57. The molecule has 0 aliphatic carbocycles. The Hall–Kier alpha value is -2.49. The first kappa shape index (κ1) is 14.4. The molecule has 0 fully saturated rings. The number of benzene rings is 1. The van der Waals surface area contributed by atoms with E-state index in [2.05, 4.69) is 41.7 Å². The lowest BCUT2D eigenvalue weighted by Crippen LogP contribution is -1.99. The Kier molecular flexibility index (Phi) is 3.75. The maximum atomic E-state index is 11.0. The molecular formula is C18H20N2O2. The van der Waals surface area contributed by atoms with Crippen LogP contribution in [0.2, 0.25) is 0 Å². The summed E-state index contributed by atoms with van der Waals surface area (Å²) < 4.78 is 2.26. The highest BCUT2D eigenvalue weighted by Gasteiger charge is 2.11. The van der Waals surface area contributed by atoms with Gasteiger partial charge in [-0.1, -0.05) is 26.0 Å². The van der Waals surface area contributed by atoms with Gasteiger partial charge in [-0.25, -0.2) is 4.79 Å². The first-order chi connectivity index (χ1) is 10.6. The Balaban J connectivity index is 2.01. The average molecular weight is 296 g/mol. The smallest absolute Gasteiger partial charge is 0.352 e. The normalized spacial score (nSPS) is 11.4. The van der Waals surface area contributed by atoms with Gasteiger partial charge in [-0.05, 0) is 36.6 Å². The van der Waals surface area contributed by atoms with E-state index >= 15 is 0 Å². The number of nitrogens with one attached hydrogen (secondary N) is 1. The van der Waals surface area contributed by atoms with Crippen molar-refractivity contribution in [3.8, 4) is 11.3 Å². The molecule has 114 valence electrons. The topological polar surface area (TPSA) is 58.0 Å². The van der Waals surface area contributed by atoms with Gasteiger partial charge in [-0.2, -0.15) is 0 Å². The van der Waals surface area contributed by atoms with Gasteiger partial charge in [-0.3, -0.25) is 0 Å². The highest BCUT2D eigenvalue weighted by molar-refractivity contribution is 5.96. The number of aromatic amines is 1. The number of hydrogen-bond donors (Lipinski definition) is 2. The van der Waals surface area contributed by atoms with Crippen LogP contribution in [-0.2, 0) is 6.54 Å². The van der Waals surface area contributed by atoms with Crippen LogP contribution in [0.3, 0.4) is 0 Å². The zero-order valence-corrected chi connectivity index (χ0v) is 12.8. The van der Waals surface area contributed by atoms with Gasteiger partial charge in [0.15, 0.2) is 0 Å². The second-order valence-electron chi connectivity index (χ2n) is 6.02. The molecular weight excluding hydrogens is 276 g/mol. The molecule has 0 amide bonds. The molecule has 0 unspecified atom stereocenters. The summed E-state index contributed by atoms with van der Waals surface area (Å²) in [7, 11) is 0. The van der Waals surface area contributed by atoms with Crippen molar-refractivity contribution in [3.05, 3.63) is 48.3 Å². The lowest BCUT2D eigenvalue weighted by atomic mass is 10.1. The molecule has 0 aliphatic heterocycles. The fraction of sp³-hybridized carbons (Fsp3) is 0.278. The summed E-state index contributed by atoms with van der Waals surface area (Å²) in [4.78, 5) is 14.0. The minimum Gasteiger partial charge on any atom is -0.477 e.